The van der Waals surface area contributed by atoms with Gasteiger partial charge in [0.15, 0.2) is 22.1 Å². The summed E-state index contributed by atoms with van der Waals surface area (Å²) in [6, 6.07) is 8.72. The molecule has 1 unspecified atom stereocenters. The summed E-state index contributed by atoms with van der Waals surface area (Å²) < 4.78 is 18.2. The third kappa shape index (κ3) is 4.63. The molecule has 0 radical (unpaired) electrons. The standard InChI is InChI=1S/C28H27N3O7S/c1-28(2)13-18-23(19(32)14-28)24(16-6-8-17(9-7-16)31(34)35)30-26(33)22(39-27(30)29-18)12-15-10-20(36-3)25(38-5)21(11-15)37-4/h6-12,24H,13-14H2,1-5H3. The molecule has 0 bridgehead atoms. The maximum atomic E-state index is 13.9. The van der Waals surface area contributed by atoms with E-state index in [1.807, 2.05) is 13.8 Å². The third-order valence-corrected chi connectivity index (χ3v) is 7.88. The van der Waals surface area contributed by atoms with Gasteiger partial charge in [0.25, 0.3) is 11.2 Å². The van der Waals surface area contributed by atoms with E-state index in [1.165, 1.54) is 49.4 Å². The lowest BCUT2D eigenvalue weighted by atomic mass is 9.73. The van der Waals surface area contributed by atoms with Gasteiger partial charge < -0.3 is 14.2 Å². The molecule has 2 heterocycles. The Kier molecular flexibility index (Phi) is 6.63. The zero-order valence-electron chi connectivity index (χ0n) is 22.1. The summed E-state index contributed by atoms with van der Waals surface area (Å²) in [5.74, 6) is 1.25. The van der Waals surface area contributed by atoms with Crippen molar-refractivity contribution in [2.45, 2.75) is 32.7 Å². The van der Waals surface area contributed by atoms with Crippen molar-refractivity contribution in [1.29, 1.82) is 0 Å². The zero-order valence-corrected chi connectivity index (χ0v) is 23.0. The van der Waals surface area contributed by atoms with Crippen LogP contribution in [0, 0.1) is 15.5 Å². The number of allylic oxidation sites excluding steroid dienone is 2. The lowest BCUT2D eigenvalue weighted by Gasteiger charge is -2.35. The summed E-state index contributed by atoms with van der Waals surface area (Å²) in [7, 11) is 4.55. The number of methoxy groups -OCH3 is 3. The van der Waals surface area contributed by atoms with Crippen molar-refractivity contribution >= 4 is 28.9 Å². The van der Waals surface area contributed by atoms with Crippen LogP contribution >= 0.6 is 11.3 Å². The zero-order chi connectivity index (χ0) is 28.1. The molecular weight excluding hydrogens is 522 g/mol. The number of fused-ring (bicyclic) bond motifs is 1. The minimum atomic E-state index is -0.734. The van der Waals surface area contributed by atoms with E-state index >= 15 is 0 Å². The highest BCUT2D eigenvalue weighted by Crippen LogP contribution is 2.43. The molecular formula is C28H27N3O7S. The van der Waals surface area contributed by atoms with Gasteiger partial charge in [-0.1, -0.05) is 25.2 Å². The fourth-order valence-corrected chi connectivity index (χ4v) is 6.20. The summed E-state index contributed by atoms with van der Waals surface area (Å²) in [5.41, 5.74) is 1.72. The fraction of sp³-hybridized carbons (Fsp3) is 0.321. The van der Waals surface area contributed by atoms with Crippen molar-refractivity contribution in [2.24, 2.45) is 10.4 Å². The highest BCUT2D eigenvalue weighted by atomic mass is 32.1. The van der Waals surface area contributed by atoms with E-state index < -0.39 is 11.0 Å². The fourth-order valence-electron chi connectivity index (χ4n) is 5.18. The van der Waals surface area contributed by atoms with E-state index in [4.69, 9.17) is 19.2 Å². The van der Waals surface area contributed by atoms with Crippen molar-refractivity contribution in [2.75, 3.05) is 21.3 Å². The SMILES string of the molecule is COc1cc(C=c2sc3n(c2=O)C(c2ccc([N+](=O)[O-])cc2)C2=C(CC(C)(C)CC2=O)N=3)cc(OC)c1OC. The normalized spacial score (nSPS) is 18.2. The topological polar surface area (TPSA) is 122 Å². The number of aromatic nitrogens is 1. The molecule has 1 atom stereocenters. The van der Waals surface area contributed by atoms with Gasteiger partial charge in [-0.15, -0.1) is 0 Å². The molecule has 1 aromatic heterocycles. The number of thiazole rings is 1. The molecule has 1 aliphatic heterocycles. The van der Waals surface area contributed by atoms with E-state index in [9.17, 15) is 19.7 Å². The monoisotopic (exact) mass is 549 g/mol. The molecule has 0 saturated heterocycles. The van der Waals surface area contributed by atoms with Gasteiger partial charge in [-0.3, -0.25) is 24.3 Å². The average molecular weight is 550 g/mol. The Morgan fingerprint density at radius 1 is 1.05 bits per heavy atom. The molecule has 2 aliphatic rings. The van der Waals surface area contributed by atoms with Crippen LogP contribution in [-0.2, 0) is 4.79 Å². The number of nitro benzene ring substituents is 1. The first-order chi connectivity index (χ1) is 18.6. The van der Waals surface area contributed by atoms with Crippen LogP contribution in [0.1, 0.15) is 43.9 Å². The number of carbonyl (C=O) groups is 1. The molecule has 202 valence electrons. The Balaban J connectivity index is 1.74. The number of hydrogen-bond donors (Lipinski definition) is 0. The first kappa shape index (κ1) is 26.4. The highest BCUT2D eigenvalue weighted by Gasteiger charge is 2.40. The second-order valence-corrected chi connectivity index (χ2v) is 11.2. The van der Waals surface area contributed by atoms with Crippen LogP contribution < -0.4 is 29.1 Å². The van der Waals surface area contributed by atoms with Crippen LogP contribution in [0.3, 0.4) is 0 Å². The minimum Gasteiger partial charge on any atom is -0.493 e. The number of rotatable bonds is 6. The number of carbonyl (C=O) groups excluding carboxylic acids is 1. The summed E-state index contributed by atoms with van der Waals surface area (Å²) in [4.78, 5) is 43.3. The Labute approximate surface area is 227 Å². The number of Topliss-reactive ketones (excluding diaryl/α,β-unsaturated/α-hetero) is 1. The largest absolute Gasteiger partial charge is 0.493 e. The predicted octanol–water partition coefficient (Wildman–Crippen LogP) is 3.54. The Hall–Kier alpha value is -4.25. The van der Waals surface area contributed by atoms with Gasteiger partial charge in [0.05, 0.1) is 42.5 Å². The van der Waals surface area contributed by atoms with Crippen LogP contribution in [-0.4, -0.2) is 36.6 Å². The number of nitrogens with zero attached hydrogens (tertiary/aromatic N) is 3. The molecule has 11 heteroatoms. The number of benzene rings is 2. The summed E-state index contributed by atoms with van der Waals surface area (Å²) >= 11 is 1.22. The number of ether oxygens (including phenoxy) is 3. The van der Waals surface area contributed by atoms with E-state index in [0.717, 1.165) is 0 Å². The maximum Gasteiger partial charge on any atom is 0.271 e. The molecule has 5 rings (SSSR count). The first-order valence-corrected chi connectivity index (χ1v) is 13.0. The summed E-state index contributed by atoms with van der Waals surface area (Å²) in [6.45, 7) is 4.04. The first-order valence-electron chi connectivity index (χ1n) is 12.2. The van der Waals surface area contributed by atoms with Gasteiger partial charge >= 0.3 is 0 Å². The second-order valence-electron chi connectivity index (χ2n) is 10.2. The number of non-ortho nitro benzene ring substituents is 1. The van der Waals surface area contributed by atoms with Gasteiger partial charge in [-0.05, 0) is 53.3 Å². The minimum absolute atomic E-state index is 0.0705. The molecule has 0 fully saturated rings. The van der Waals surface area contributed by atoms with Gasteiger partial charge in [0.1, 0.15) is 0 Å². The van der Waals surface area contributed by atoms with Crippen LogP contribution in [0.15, 0.2) is 57.5 Å². The Bertz CT molecular complexity index is 1690. The lowest BCUT2D eigenvalue weighted by Crippen LogP contribution is -2.42. The Morgan fingerprint density at radius 3 is 2.26 bits per heavy atom. The molecule has 10 nitrogen and oxygen atoms in total. The van der Waals surface area contributed by atoms with Crippen LogP contribution in [0.2, 0.25) is 0 Å². The summed E-state index contributed by atoms with van der Waals surface area (Å²) in [5, 5.41) is 11.2. The molecule has 0 amide bonds. The Morgan fingerprint density at radius 2 is 1.69 bits per heavy atom. The van der Waals surface area contributed by atoms with Crippen LogP contribution in [0.4, 0.5) is 5.69 Å². The van der Waals surface area contributed by atoms with Gasteiger partial charge in [0.2, 0.25) is 5.75 Å². The average Bonchev–Trinajstić information content (AvgIpc) is 3.20. The molecule has 3 aromatic rings. The predicted molar refractivity (Wildman–Crippen MR) is 145 cm³/mol. The molecule has 1 aliphatic carbocycles. The van der Waals surface area contributed by atoms with Crippen LogP contribution in [0.25, 0.3) is 6.08 Å². The van der Waals surface area contributed by atoms with Gasteiger partial charge in [0, 0.05) is 24.1 Å². The highest BCUT2D eigenvalue weighted by molar-refractivity contribution is 7.07. The van der Waals surface area contributed by atoms with E-state index in [1.54, 1.807) is 30.3 Å². The van der Waals surface area contributed by atoms with E-state index in [0.29, 0.717) is 61.8 Å². The van der Waals surface area contributed by atoms with E-state index in [-0.39, 0.29) is 22.4 Å². The molecule has 0 N–H and O–H groups in total. The molecule has 39 heavy (non-hydrogen) atoms. The van der Waals surface area contributed by atoms with Crippen LogP contribution in [0.5, 0.6) is 17.2 Å². The quantitative estimate of drug-likeness (QED) is 0.340. The summed E-state index contributed by atoms with van der Waals surface area (Å²) in [6.07, 6.45) is 2.62. The lowest BCUT2D eigenvalue weighted by molar-refractivity contribution is -0.384. The van der Waals surface area contributed by atoms with Gasteiger partial charge in [-0.25, -0.2) is 4.99 Å². The molecule has 0 saturated carbocycles. The molecule has 0 spiro atoms. The molecule has 2 aromatic carbocycles. The van der Waals surface area contributed by atoms with Crippen molar-refractivity contribution < 1.29 is 23.9 Å². The number of ketones is 1. The van der Waals surface area contributed by atoms with E-state index in [2.05, 4.69) is 0 Å². The third-order valence-electron chi connectivity index (χ3n) is 6.90. The number of nitro groups is 1. The van der Waals surface area contributed by atoms with Gasteiger partial charge in [-0.2, -0.15) is 0 Å². The van der Waals surface area contributed by atoms with Crippen molar-refractivity contribution in [3.63, 3.8) is 0 Å². The second kappa shape index (κ2) is 9.81. The maximum absolute atomic E-state index is 13.9. The smallest absolute Gasteiger partial charge is 0.271 e. The van der Waals surface area contributed by atoms with Crippen molar-refractivity contribution in [3.05, 3.63) is 88.6 Å². The number of hydrogen-bond acceptors (Lipinski definition) is 9. The van der Waals surface area contributed by atoms with Crippen molar-refractivity contribution in [1.82, 2.24) is 4.57 Å². The van der Waals surface area contributed by atoms with Crippen molar-refractivity contribution in [3.8, 4) is 17.2 Å².